The number of nitrogens with one attached hydrogen (secondary N) is 2. The molecule has 5 rings (SSSR count). The van der Waals surface area contributed by atoms with Crippen LogP contribution in [0.25, 0.3) is 22.3 Å². The second kappa shape index (κ2) is 8.64. The van der Waals surface area contributed by atoms with Crippen LogP contribution in [-0.2, 0) is 0 Å². The van der Waals surface area contributed by atoms with Crippen LogP contribution < -0.4 is 10.2 Å². The molecule has 3 heterocycles. The van der Waals surface area contributed by atoms with Gasteiger partial charge < -0.3 is 24.8 Å². The fourth-order valence-electron chi connectivity index (χ4n) is 3.99. The van der Waals surface area contributed by atoms with Gasteiger partial charge in [0.05, 0.1) is 6.61 Å². The number of anilines is 1. The molecule has 164 valence electrons. The molecule has 1 aliphatic heterocycles. The molecule has 2 aromatic heterocycles. The Labute approximate surface area is 189 Å². The van der Waals surface area contributed by atoms with Gasteiger partial charge in [-0.3, -0.25) is 4.79 Å². The van der Waals surface area contributed by atoms with Crippen LogP contribution in [0.2, 0.25) is 5.02 Å². The molecule has 2 aromatic carbocycles. The highest BCUT2D eigenvalue weighted by Crippen LogP contribution is 2.29. The molecule has 3 N–H and O–H groups in total. The van der Waals surface area contributed by atoms with Gasteiger partial charge in [0.15, 0.2) is 0 Å². The van der Waals surface area contributed by atoms with Crippen molar-refractivity contribution < 1.29 is 14.4 Å². The maximum absolute atomic E-state index is 12.7. The number of rotatable bonds is 6. The third-order valence-electron chi connectivity index (χ3n) is 5.71. The zero-order chi connectivity index (χ0) is 22.1. The molecule has 1 fully saturated rings. The SMILES string of the molecule is O=C(NC(CO)c1nc(-c2c[nH]c3ccc(Cl)cc23)no1)c1ccc(N2CCCC2)cc1. The highest BCUT2D eigenvalue weighted by Gasteiger charge is 2.23. The lowest BCUT2D eigenvalue weighted by Gasteiger charge is -2.18. The first-order chi connectivity index (χ1) is 15.6. The van der Waals surface area contributed by atoms with Crippen LogP contribution in [0.3, 0.4) is 0 Å². The number of fused-ring (bicyclic) bond motifs is 1. The lowest BCUT2D eigenvalue weighted by Crippen LogP contribution is -2.31. The average Bonchev–Trinajstić information content (AvgIpc) is 3.58. The van der Waals surface area contributed by atoms with Crippen molar-refractivity contribution >= 4 is 34.1 Å². The van der Waals surface area contributed by atoms with Crippen molar-refractivity contribution in [3.05, 3.63) is 65.1 Å². The highest BCUT2D eigenvalue weighted by molar-refractivity contribution is 6.31. The van der Waals surface area contributed by atoms with Crippen LogP contribution >= 0.6 is 11.6 Å². The van der Waals surface area contributed by atoms with Crippen LogP contribution in [0.1, 0.15) is 35.1 Å². The smallest absolute Gasteiger partial charge is 0.251 e. The van der Waals surface area contributed by atoms with E-state index >= 15 is 0 Å². The number of H-pyrrole nitrogens is 1. The fraction of sp³-hybridized carbons (Fsp3) is 0.261. The van der Waals surface area contributed by atoms with Crippen LogP contribution in [0.4, 0.5) is 5.69 Å². The average molecular weight is 452 g/mol. The van der Waals surface area contributed by atoms with E-state index in [9.17, 15) is 9.90 Å². The Kier molecular flexibility index (Phi) is 5.55. The molecule has 32 heavy (non-hydrogen) atoms. The van der Waals surface area contributed by atoms with Crippen molar-refractivity contribution in [2.75, 3.05) is 24.6 Å². The number of aliphatic hydroxyl groups excluding tert-OH is 1. The molecule has 0 radical (unpaired) electrons. The number of carbonyl (C=O) groups is 1. The number of carbonyl (C=O) groups excluding carboxylic acids is 1. The van der Waals surface area contributed by atoms with E-state index in [0.717, 1.165) is 35.2 Å². The molecule has 0 bridgehead atoms. The summed E-state index contributed by atoms with van der Waals surface area (Å²) in [6.45, 7) is 1.71. The number of aliphatic hydroxyl groups is 1. The Morgan fingerprint density at radius 1 is 1.22 bits per heavy atom. The lowest BCUT2D eigenvalue weighted by molar-refractivity contribution is 0.0901. The number of benzene rings is 2. The second-order valence-electron chi connectivity index (χ2n) is 7.80. The predicted molar refractivity (Wildman–Crippen MR) is 122 cm³/mol. The highest BCUT2D eigenvalue weighted by atomic mass is 35.5. The fourth-order valence-corrected chi connectivity index (χ4v) is 4.16. The molecule has 9 heteroatoms. The van der Waals surface area contributed by atoms with Crippen molar-refractivity contribution in [1.29, 1.82) is 0 Å². The van der Waals surface area contributed by atoms with Crippen LogP contribution in [-0.4, -0.2) is 45.8 Å². The summed E-state index contributed by atoms with van der Waals surface area (Å²) in [5.41, 5.74) is 3.22. The van der Waals surface area contributed by atoms with E-state index in [0.29, 0.717) is 16.4 Å². The topological polar surface area (TPSA) is 107 Å². The molecule has 1 atom stereocenters. The van der Waals surface area contributed by atoms with Crippen molar-refractivity contribution in [2.45, 2.75) is 18.9 Å². The summed E-state index contributed by atoms with van der Waals surface area (Å²) in [5.74, 6) is 0.146. The maximum atomic E-state index is 12.7. The predicted octanol–water partition coefficient (Wildman–Crippen LogP) is 3.93. The number of halogens is 1. The number of amides is 1. The van der Waals surface area contributed by atoms with E-state index in [4.69, 9.17) is 16.1 Å². The Balaban J connectivity index is 1.32. The summed E-state index contributed by atoms with van der Waals surface area (Å²) in [7, 11) is 0. The van der Waals surface area contributed by atoms with Gasteiger partial charge in [0.1, 0.15) is 6.04 Å². The van der Waals surface area contributed by atoms with Crippen LogP contribution in [0.5, 0.6) is 0 Å². The van der Waals surface area contributed by atoms with Gasteiger partial charge in [-0.25, -0.2) is 0 Å². The molecular weight excluding hydrogens is 430 g/mol. The molecule has 0 spiro atoms. The number of aromatic amines is 1. The van der Waals surface area contributed by atoms with Gasteiger partial charge >= 0.3 is 0 Å². The van der Waals surface area contributed by atoms with Gasteiger partial charge in [-0.2, -0.15) is 4.98 Å². The lowest BCUT2D eigenvalue weighted by atomic mass is 10.1. The Bertz CT molecular complexity index is 1240. The van der Waals surface area contributed by atoms with Crippen molar-refractivity contribution in [3.8, 4) is 11.4 Å². The molecule has 1 amide bonds. The van der Waals surface area contributed by atoms with Gasteiger partial charge in [-0.15, -0.1) is 0 Å². The minimum absolute atomic E-state index is 0.126. The standard InChI is InChI=1S/C23H22ClN5O3/c24-15-5-8-19-17(11-15)18(12-25-19)21-27-23(32-28-21)20(13-30)26-22(31)14-3-6-16(7-4-14)29-9-1-2-10-29/h3-8,11-12,20,25,30H,1-2,9-10,13H2,(H,26,31). The number of hydrogen-bond acceptors (Lipinski definition) is 6. The van der Waals surface area contributed by atoms with E-state index in [2.05, 4.69) is 25.3 Å². The van der Waals surface area contributed by atoms with Crippen molar-refractivity contribution in [3.63, 3.8) is 0 Å². The molecular formula is C23H22ClN5O3. The maximum Gasteiger partial charge on any atom is 0.251 e. The summed E-state index contributed by atoms with van der Waals surface area (Å²) in [6.07, 6.45) is 4.15. The zero-order valence-corrected chi connectivity index (χ0v) is 18.0. The van der Waals surface area contributed by atoms with Gasteiger partial charge in [-0.1, -0.05) is 16.8 Å². The number of nitrogens with zero attached hydrogens (tertiary/aromatic N) is 3. The van der Waals surface area contributed by atoms with E-state index in [-0.39, 0.29) is 18.4 Å². The second-order valence-corrected chi connectivity index (χ2v) is 8.23. The third kappa shape index (κ3) is 3.94. The first-order valence-electron chi connectivity index (χ1n) is 10.5. The van der Waals surface area contributed by atoms with Crippen LogP contribution in [0.15, 0.2) is 53.2 Å². The number of aromatic nitrogens is 3. The summed E-state index contributed by atoms with van der Waals surface area (Å²) < 4.78 is 5.35. The first kappa shape index (κ1) is 20.5. The monoisotopic (exact) mass is 451 g/mol. The largest absolute Gasteiger partial charge is 0.394 e. The summed E-state index contributed by atoms with van der Waals surface area (Å²) >= 11 is 6.11. The molecule has 4 aromatic rings. The molecule has 8 nitrogen and oxygen atoms in total. The minimum Gasteiger partial charge on any atom is -0.394 e. The molecule has 0 aliphatic carbocycles. The van der Waals surface area contributed by atoms with Gasteiger partial charge in [0.2, 0.25) is 5.82 Å². The van der Waals surface area contributed by atoms with Crippen molar-refractivity contribution in [2.24, 2.45) is 0 Å². The van der Waals surface area contributed by atoms with Gasteiger partial charge in [-0.05, 0) is 55.3 Å². The zero-order valence-electron chi connectivity index (χ0n) is 17.2. The minimum atomic E-state index is -0.823. The summed E-state index contributed by atoms with van der Waals surface area (Å²) in [4.78, 5) is 22.6. The molecule has 1 saturated heterocycles. The quantitative estimate of drug-likeness (QED) is 0.410. The van der Waals surface area contributed by atoms with E-state index in [1.54, 1.807) is 24.4 Å². The summed E-state index contributed by atoms with van der Waals surface area (Å²) in [6, 6.07) is 12.1. The van der Waals surface area contributed by atoms with Crippen molar-refractivity contribution in [1.82, 2.24) is 20.4 Å². The first-order valence-corrected chi connectivity index (χ1v) is 10.9. The van der Waals surface area contributed by atoms with Gasteiger partial charge in [0.25, 0.3) is 11.8 Å². The normalized spacial score (nSPS) is 14.8. The molecule has 1 unspecified atom stereocenters. The Morgan fingerprint density at radius 2 is 2.00 bits per heavy atom. The molecule has 0 saturated carbocycles. The van der Waals surface area contributed by atoms with E-state index in [1.165, 1.54) is 12.8 Å². The van der Waals surface area contributed by atoms with Crippen LogP contribution in [0, 0.1) is 0 Å². The van der Waals surface area contributed by atoms with E-state index in [1.807, 2.05) is 24.3 Å². The van der Waals surface area contributed by atoms with Gasteiger partial charge in [0, 0.05) is 52.0 Å². The number of hydrogen-bond donors (Lipinski definition) is 3. The summed E-state index contributed by atoms with van der Waals surface area (Å²) in [5, 5.41) is 18.1. The Hall–Kier alpha value is -3.36. The molecule has 1 aliphatic rings. The third-order valence-corrected chi connectivity index (χ3v) is 5.95. The van der Waals surface area contributed by atoms with E-state index < -0.39 is 6.04 Å². The Morgan fingerprint density at radius 3 is 2.75 bits per heavy atom.